The number of aliphatic carboxylic acids is 1. The molecule has 1 aromatic carbocycles. The van der Waals surface area contributed by atoms with Gasteiger partial charge in [0.2, 0.25) is 6.10 Å². The average Bonchev–Trinajstić information content (AvgIpc) is 2.95. The molecule has 1 aromatic rings. The highest BCUT2D eigenvalue weighted by atomic mass is 16.6. The van der Waals surface area contributed by atoms with Crippen LogP contribution in [0.5, 0.6) is 0 Å². The number of carbonyl (C=O) groups is 2. The van der Waals surface area contributed by atoms with Crippen molar-refractivity contribution >= 4 is 23.3 Å². The van der Waals surface area contributed by atoms with Gasteiger partial charge in [-0.2, -0.15) is 0 Å². The maximum Gasteiger partial charge on any atom is 0.353 e. The van der Waals surface area contributed by atoms with Crippen LogP contribution in [-0.4, -0.2) is 33.7 Å². The van der Waals surface area contributed by atoms with Gasteiger partial charge in [-0.25, -0.2) is 4.79 Å². The fraction of sp³-hybridized carbons (Fsp3) is 0.250. The van der Waals surface area contributed by atoms with E-state index in [1.165, 1.54) is 18.2 Å². The molecule has 0 bridgehead atoms. The van der Waals surface area contributed by atoms with Crippen LogP contribution in [0, 0.1) is 10.1 Å². The number of oxime groups is 1. The second kappa shape index (κ2) is 5.99. The Kier molecular flexibility index (Phi) is 4.12. The molecule has 0 aliphatic carbocycles. The molecular formula is C12H11N3O6. The van der Waals surface area contributed by atoms with E-state index in [2.05, 4.69) is 10.5 Å². The third-order valence-electron chi connectivity index (χ3n) is 2.85. The predicted molar refractivity (Wildman–Crippen MR) is 69.5 cm³/mol. The van der Waals surface area contributed by atoms with Gasteiger partial charge in [-0.3, -0.25) is 14.9 Å². The Balaban J connectivity index is 1.94. The van der Waals surface area contributed by atoms with E-state index in [1.807, 2.05) is 0 Å². The van der Waals surface area contributed by atoms with Crippen molar-refractivity contribution in [3.8, 4) is 0 Å². The standard InChI is InChI=1S/C12H11N3O6/c16-11(10-5-8(12(17)18)14-21-10)13-6-7-3-1-2-4-9(7)15(19)20/h1-4,10H,5-6H2,(H,13,16)(H,17,18). The summed E-state index contributed by atoms with van der Waals surface area (Å²) in [6, 6.07) is 6.00. The molecule has 1 atom stereocenters. The fourth-order valence-electron chi connectivity index (χ4n) is 1.78. The lowest BCUT2D eigenvalue weighted by atomic mass is 10.1. The Morgan fingerprint density at radius 3 is 2.81 bits per heavy atom. The first-order valence-electron chi connectivity index (χ1n) is 5.95. The number of benzene rings is 1. The van der Waals surface area contributed by atoms with Crippen LogP contribution in [-0.2, 0) is 21.0 Å². The minimum absolute atomic E-state index is 0.0573. The summed E-state index contributed by atoms with van der Waals surface area (Å²) >= 11 is 0. The lowest BCUT2D eigenvalue weighted by Gasteiger charge is -2.09. The van der Waals surface area contributed by atoms with Gasteiger partial charge in [-0.15, -0.1) is 0 Å². The number of nitro groups is 1. The monoisotopic (exact) mass is 293 g/mol. The first-order valence-corrected chi connectivity index (χ1v) is 5.95. The van der Waals surface area contributed by atoms with E-state index in [1.54, 1.807) is 6.07 Å². The van der Waals surface area contributed by atoms with Gasteiger partial charge >= 0.3 is 5.97 Å². The normalized spacial score (nSPS) is 16.8. The number of para-hydroxylation sites is 1. The molecule has 21 heavy (non-hydrogen) atoms. The minimum atomic E-state index is -1.25. The predicted octanol–water partition coefficient (Wildman–Crippen LogP) is 0.440. The lowest BCUT2D eigenvalue weighted by Crippen LogP contribution is -2.34. The first-order chi connectivity index (χ1) is 9.99. The number of carboxylic acid groups (broad SMARTS) is 1. The second-order valence-corrected chi connectivity index (χ2v) is 4.24. The molecular weight excluding hydrogens is 282 g/mol. The molecule has 9 nitrogen and oxygen atoms in total. The van der Waals surface area contributed by atoms with Gasteiger partial charge in [-0.05, 0) is 0 Å². The number of carboxylic acids is 1. The van der Waals surface area contributed by atoms with E-state index in [9.17, 15) is 19.7 Å². The summed E-state index contributed by atoms with van der Waals surface area (Å²) in [4.78, 5) is 37.4. The number of hydrogen-bond donors (Lipinski definition) is 2. The van der Waals surface area contributed by atoms with Crippen LogP contribution in [0.25, 0.3) is 0 Å². The van der Waals surface area contributed by atoms with Crippen molar-refractivity contribution in [3.05, 3.63) is 39.9 Å². The van der Waals surface area contributed by atoms with Crippen LogP contribution in [0.3, 0.4) is 0 Å². The lowest BCUT2D eigenvalue weighted by molar-refractivity contribution is -0.385. The SMILES string of the molecule is O=C(O)C1=NOC(C(=O)NCc2ccccc2[N+](=O)[O-])C1. The fourth-order valence-corrected chi connectivity index (χ4v) is 1.78. The number of nitrogens with zero attached hydrogens (tertiary/aromatic N) is 2. The molecule has 1 aliphatic rings. The molecule has 9 heteroatoms. The Morgan fingerprint density at radius 1 is 1.48 bits per heavy atom. The largest absolute Gasteiger partial charge is 0.477 e. The molecule has 0 spiro atoms. The molecule has 1 aliphatic heterocycles. The molecule has 0 fully saturated rings. The average molecular weight is 293 g/mol. The van der Waals surface area contributed by atoms with E-state index in [-0.39, 0.29) is 24.4 Å². The summed E-state index contributed by atoms with van der Waals surface area (Å²) in [5.41, 5.74) is 0.00156. The minimum Gasteiger partial charge on any atom is -0.477 e. The van der Waals surface area contributed by atoms with E-state index >= 15 is 0 Å². The van der Waals surface area contributed by atoms with E-state index in [0.717, 1.165) is 0 Å². The van der Waals surface area contributed by atoms with Crippen LogP contribution in [0.2, 0.25) is 0 Å². The first kappa shape index (κ1) is 14.4. The topological polar surface area (TPSA) is 131 Å². The molecule has 0 radical (unpaired) electrons. The highest BCUT2D eigenvalue weighted by molar-refractivity contribution is 6.36. The van der Waals surface area contributed by atoms with Crippen LogP contribution in [0.15, 0.2) is 29.4 Å². The summed E-state index contributed by atoms with van der Waals surface area (Å²) in [6.07, 6.45) is -1.17. The van der Waals surface area contributed by atoms with Crippen molar-refractivity contribution in [1.82, 2.24) is 5.32 Å². The maximum atomic E-state index is 11.8. The van der Waals surface area contributed by atoms with Gasteiger partial charge in [0, 0.05) is 24.6 Å². The highest BCUT2D eigenvalue weighted by Crippen LogP contribution is 2.17. The second-order valence-electron chi connectivity index (χ2n) is 4.24. The number of amides is 1. The van der Waals surface area contributed by atoms with Gasteiger partial charge in [0.1, 0.15) is 0 Å². The molecule has 1 unspecified atom stereocenters. The van der Waals surface area contributed by atoms with Gasteiger partial charge in [0.25, 0.3) is 11.6 Å². The molecule has 0 aromatic heterocycles. The number of carbonyl (C=O) groups excluding carboxylic acids is 1. The summed E-state index contributed by atoms with van der Waals surface area (Å²) in [7, 11) is 0. The van der Waals surface area contributed by atoms with Crippen molar-refractivity contribution in [1.29, 1.82) is 0 Å². The van der Waals surface area contributed by atoms with Crippen molar-refractivity contribution < 1.29 is 24.5 Å². The number of rotatable bonds is 5. The molecule has 0 saturated carbocycles. The smallest absolute Gasteiger partial charge is 0.353 e. The number of nitrogens with one attached hydrogen (secondary N) is 1. The summed E-state index contributed by atoms with van der Waals surface area (Å²) in [6.45, 7) is -0.0573. The third-order valence-corrected chi connectivity index (χ3v) is 2.85. The van der Waals surface area contributed by atoms with Gasteiger partial charge < -0.3 is 15.3 Å². The molecule has 2 rings (SSSR count). The number of hydrogen-bond acceptors (Lipinski definition) is 6. The van der Waals surface area contributed by atoms with Crippen LogP contribution < -0.4 is 5.32 Å². The van der Waals surface area contributed by atoms with Crippen molar-refractivity contribution in [3.63, 3.8) is 0 Å². The van der Waals surface area contributed by atoms with Crippen LogP contribution >= 0.6 is 0 Å². The van der Waals surface area contributed by atoms with Crippen molar-refractivity contribution in [2.75, 3.05) is 0 Å². The summed E-state index contributed by atoms with van der Waals surface area (Å²) < 4.78 is 0. The highest BCUT2D eigenvalue weighted by Gasteiger charge is 2.31. The zero-order chi connectivity index (χ0) is 15.4. The summed E-state index contributed by atoms with van der Waals surface area (Å²) in [5, 5.41) is 25.3. The van der Waals surface area contributed by atoms with Crippen molar-refractivity contribution in [2.45, 2.75) is 19.1 Å². The zero-order valence-corrected chi connectivity index (χ0v) is 10.7. The van der Waals surface area contributed by atoms with Gasteiger partial charge in [0.15, 0.2) is 5.71 Å². The summed E-state index contributed by atoms with van der Waals surface area (Å²) in [5.74, 6) is -1.82. The molecule has 1 heterocycles. The van der Waals surface area contributed by atoms with Crippen LogP contribution in [0.4, 0.5) is 5.69 Å². The molecule has 0 saturated heterocycles. The number of nitro benzene ring substituents is 1. The van der Waals surface area contributed by atoms with Gasteiger partial charge in [0.05, 0.1) is 4.92 Å². The van der Waals surface area contributed by atoms with E-state index in [0.29, 0.717) is 5.56 Å². The maximum absolute atomic E-state index is 11.8. The Bertz CT molecular complexity index is 627. The third kappa shape index (κ3) is 3.32. The van der Waals surface area contributed by atoms with Gasteiger partial charge in [-0.1, -0.05) is 23.4 Å². The Labute approximate surface area is 118 Å². The van der Waals surface area contributed by atoms with E-state index < -0.39 is 22.9 Å². The molecule has 2 N–H and O–H groups in total. The molecule has 110 valence electrons. The van der Waals surface area contributed by atoms with E-state index in [4.69, 9.17) is 9.94 Å². The molecule has 1 amide bonds. The quantitative estimate of drug-likeness (QED) is 0.598. The Hall–Kier alpha value is -2.97. The van der Waals surface area contributed by atoms with Crippen molar-refractivity contribution in [2.24, 2.45) is 5.16 Å². The zero-order valence-electron chi connectivity index (χ0n) is 10.7. The van der Waals surface area contributed by atoms with Crippen LogP contribution in [0.1, 0.15) is 12.0 Å². The Morgan fingerprint density at radius 2 is 2.19 bits per heavy atom.